The van der Waals surface area contributed by atoms with Gasteiger partial charge in [0.1, 0.15) is 5.69 Å². The summed E-state index contributed by atoms with van der Waals surface area (Å²) in [6.07, 6.45) is -3.92. The molecule has 0 saturated heterocycles. The second-order valence-electron chi connectivity index (χ2n) is 7.61. The monoisotopic (exact) mass is 489 g/mol. The number of nitrogens with zero attached hydrogens (tertiary/aromatic N) is 3. The van der Waals surface area contributed by atoms with E-state index in [4.69, 9.17) is 9.47 Å². The Labute approximate surface area is 199 Å². The maximum absolute atomic E-state index is 13.5. The van der Waals surface area contributed by atoms with Crippen LogP contribution in [-0.4, -0.2) is 47.3 Å². The third kappa shape index (κ3) is 5.27. The fraction of sp³-hybridized carbons (Fsp3) is 0.292. The lowest BCUT2D eigenvalue weighted by Crippen LogP contribution is -2.37. The van der Waals surface area contributed by atoms with Crippen molar-refractivity contribution >= 4 is 17.7 Å². The normalized spacial score (nSPS) is 13.4. The van der Waals surface area contributed by atoms with Gasteiger partial charge in [-0.25, -0.2) is 9.97 Å². The van der Waals surface area contributed by atoms with Gasteiger partial charge in [-0.1, -0.05) is 36.0 Å². The summed E-state index contributed by atoms with van der Waals surface area (Å²) in [7, 11) is 2.91. The van der Waals surface area contributed by atoms with Crippen LogP contribution in [0.3, 0.4) is 0 Å². The Bertz CT molecular complexity index is 1200. The molecule has 4 rings (SSSR count). The minimum absolute atomic E-state index is 0.0607. The lowest BCUT2D eigenvalue weighted by molar-refractivity contribution is -0.141. The molecule has 3 aromatic rings. The van der Waals surface area contributed by atoms with Gasteiger partial charge in [0.05, 0.1) is 25.7 Å². The molecule has 1 aromatic heterocycles. The summed E-state index contributed by atoms with van der Waals surface area (Å²) in [5.41, 5.74) is 1.70. The number of hydrogen-bond acceptors (Lipinski definition) is 6. The van der Waals surface area contributed by atoms with Crippen LogP contribution in [-0.2, 0) is 23.9 Å². The lowest BCUT2D eigenvalue weighted by atomic mass is 10.00. The molecule has 0 unspecified atom stereocenters. The summed E-state index contributed by atoms with van der Waals surface area (Å²) in [6.45, 7) is 1.05. The second kappa shape index (κ2) is 9.92. The SMILES string of the molecule is COc1ccc(-c2cc(C(F)(F)F)nc(SCC(=O)N3CCc4ccccc4C3)n2)cc1OC. The maximum Gasteiger partial charge on any atom is 0.433 e. The number of thioether (sulfide) groups is 1. The van der Waals surface area contributed by atoms with Gasteiger partial charge >= 0.3 is 6.18 Å². The number of amides is 1. The van der Waals surface area contributed by atoms with Gasteiger partial charge in [-0.15, -0.1) is 0 Å². The second-order valence-corrected chi connectivity index (χ2v) is 8.55. The van der Waals surface area contributed by atoms with Gasteiger partial charge in [-0.3, -0.25) is 4.79 Å². The highest BCUT2D eigenvalue weighted by atomic mass is 32.2. The average Bonchev–Trinajstić information content (AvgIpc) is 2.85. The van der Waals surface area contributed by atoms with Gasteiger partial charge in [0.15, 0.2) is 16.7 Å². The molecule has 1 aliphatic heterocycles. The van der Waals surface area contributed by atoms with Gasteiger partial charge in [-0.05, 0) is 41.8 Å². The Hall–Kier alpha value is -3.27. The van der Waals surface area contributed by atoms with Crippen LogP contribution in [0.25, 0.3) is 11.3 Å². The number of ether oxygens (including phenoxy) is 2. The number of rotatable bonds is 6. The lowest BCUT2D eigenvalue weighted by Gasteiger charge is -2.28. The van der Waals surface area contributed by atoms with E-state index in [2.05, 4.69) is 9.97 Å². The number of benzene rings is 2. The number of alkyl halides is 3. The molecule has 0 atom stereocenters. The predicted molar refractivity (Wildman–Crippen MR) is 122 cm³/mol. The summed E-state index contributed by atoms with van der Waals surface area (Å²) >= 11 is 0.891. The third-order valence-corrected chi connectivity index (χ3v) is 6.32. The predicted octanol–water partition coefficient (Wildman–Crippen LogP) is 4.86. The van der Waals surface area contributed by atoms with Crippen LogP contribution in [0.1, 0.15) is 16.8 Å². The fourth-order valence-electron chi connectivity index (χ4n) is 3.70. The molecule has 0 saturated carbocycles. The molecule has 0 fully saturated rings. The topological polar surface area (TPSA) is 64.5 Å². The smallest absolute Gasteiger partial charge is 0.433 e. The van der Waals surface area contributed by atoms with E-state index in [9.17, 15) is 18.0 Å². The van der Waals surface area contributed by atoms with E-state index in [0.29, 0.717) is 30.2 Å². The molecule has 0 spiro atoms. The van der Waals surface area contributed by atoms with Crippen molar-refractivity contribution in [1.29, 1.82) is 0 Å². The van der Waals surface area contributed by atoms with Crippen molar-refractivity contribution in [3.8, 4) is 22.8 Å². The van der Waals surface area contributed by atoms with E-state index in [1.807, 2.05) is 24.3 Å². The van der Waals surface area contributed by atoms with Crippen LogP contribution in [0.5, 0.6) is 11.5 Å². The number of methoxy groups -OCH3 is 2. The first-order valence-corrected chi connectivity index (χ1v) is 11.4. The number of carbonyl (C=O) groups is 1. The Morgan fingerprint density at radius 3 is 2.47 bits per heavy atom. The molecule has 2 aromatic carbocycles. The van der Waals surface area contributed by atoms with E-state index in [1.54, 1.807) is 23.1 Å². The van der Waals surface area contributed by atoms with Crippen LogP contribution in [0.2, 0.25) is 0 Å². The van der Waals surface area contributed by atoms with Gasteiger partial charge in [0, 0.05) is 18.7 Å². The maximum atomic E-state index is 13.5. The number of aromatic nitrogens is 2. The van der Waals surface area contributed by atoms with Crippen molar-refractivity contribution < 1.29 is 27.4 Å². The summed E-state index contributed by atoms with van der Waals surface area (Å²) in [4.78, 5) is 22.4. The summed E-state index contributed by atoms with van der Waals surface area (Å²) in [6, 6.07) is 13.5. The first-order valence-electron chi connectivity index (χ1n) is 10.4. The van der Waals surface area contributed by atoms with Crippen molar-refractivity contribution in [3.05, 3.63) is 65.4 Å². The standard InChI is InChI=1S/C24H22F3N3O3S/c1-32-19-8-7-16(11-20(19)33-2)18-12-21(24(25,26)27)29-23(28-18)34-14-22(31)30-10-9-15-5-3-4-6-17(15)13-30/h3-8,11-12H,9-10,13-14H2,1-2H3. The Kier molecular flexibility index (Phi) is 6.97. The van der Waals surface area contributed by atoms with E-state index in [-0.39, 0.29) is 22.5 Å². The van der Waals surface area contributed by atoms with E-state index >= 15 is 0 Å². The van der Waals surface area contributed by atoms with Gasteiger partial charge in [-0.2, -0.15) is 13.2 Å². The van der Waals surface area contributed by atoms with Crippen molar-refractivity contribution in [3.63, 3.8) is 0 Å². The minimum atomic E-state index is -4.66. The fourth-order valence-corrected chi connectivity index (χ4v) is 4.47. The largest absolute Gasteiger partial charge is 0.493 e. The van der Waals surface area contributed by atoms with Gasteiger partial charge < -0.3 is 14.4 Å². The first kappa shape index (κ1) is 23.9. The Morgan fingerprint density at radius 2 is 1.76 bits per heavy atom. The molecule has 1 amide bonds. The number of halogens is 3. The molecule has 1 aliphatic rings. The molecular formula is C24H22F3N3O3S. The molecule has 178 valence electrons. The summed E-state index contributed by atoms with van der Waals surface area (Å²) < 4.78 is 51.1. The molecule has 0 aliphatic carbocycles. The summed E-state index contributed by atoms with van der Waals surface area (Å²) in [5.74, 6) is 0.573. The highest BCUT2D eigenvalue weighted by molar-refractivity contribution is 7.99. The molecule has 0 N–H and O–H groups in total. The number of hydrogen-bond donors (Lipinski definition) is 0. The Morgan fingerprint density at radius 1 is 1.03 bits per heavy atom. The van der Waals surface area contributed by atoms with Crippen molar-refractivity contribution in [2.24, 2.45) is 0 Å². The van der Waals surface area contributed by atoms with Crippen LogP contribution < -0.4 is 9.47 Å². The van der Waals surface area contributed by atoms with Gasteiger partial charge in [0.2, 0.25) is 5.91 Å². The molecule has 10 heteroatoms. The van der Waals surface area contributed by atoms with Crippen molar-refractivity contribution in [2.45, 2.75) is 24.3 Å². The number of fused-ring (bicyclic) bond motifs is 1. The molecule has 2 heterocycles. The van der Waals surface area contributed by atoms with E-state index in [0.717, 1.165) is 29.8 Å². The number of carbonyl (C=O) groups excluding carboxylic acids is 1. The van der Waals surface area contributed by atoms with Crippen LogP contribution in [0.4, 0.5) is 13.2 Å². The first-order chi connectivity index (χ1) is 16.3. The molecule has 6 nitrogen and oxygen atoms in total. The molecule has 34 heavy (non-hydrogen) atoms. The van der Waals surface area contributed by atoms with E-state index in [1.165, 1.54) is 19.8 Å². The van der Waals surface area contributed by atoms with Crippen LogP contribution in [0.15, 0.2) is 53.7 Å². The zero-order valence-electron chi connectivity index (χ0n) is 18.6. The van der Waals surface area contributed by atoms with Crippen LogP contribution in [0, 0.1) is 0 Å². The highest BCUT2D eigenvalue weighted by Gasteiger charge is 2.34. The molecule has 0 bridgehead atoms. The molecular weight excluding hydrogens is 467 g/mol. The van der Waals surface area contributed by atoms with Gasteiger partial charge in [0.25, 0.3) is 0 Å². The average molecular weight is 490 g/mol. The van der Waals surface area contributed by atoms with Crippen molar-refractivity contribution in [1.82, 2.24) is 14.9 Å². The zero-order chi connectivity index (χ0) is 24.3. The van der Waals surface area contributed by atoms with Crippen molar-refractivity contribution in [2.75, 3.05) is 26.5 Å². The Balaban J connectivity index is 1.55. The quantitative estimate of drug-likeness (QED) is 0.364. The highest BCUT2D eigenvalue weighted by Crippen LogP contribution is 2.35. The molecule has 0 radical (unpaired) electrons. The third-order valence-electron chi connectivity index (χ3n) is 5.48. The zero-order valence-corrected chi connectivity index (χ0v) is 19.4. The minimum Gasteiger partial charge on any atom is -0.493 e. The van der Waals surface area contributed by atoms with Crippen LogP contribution >= 0.6 is 11.8 Å². The van der Waals surface area contributed by atoms with E-state index < -0.39 is 11.9 Å². The summed E-state index contributed by atoms with van der Waals surface area (Å²) in [5, 5.41) is -0.120.